The lowest BCUT2D eigenvalue weighted by Gasteiger charge is -2.31. The van der Waals surface area contributed by atoms with Gasteiger partial charge in [-0.05, 0) is 60.7 Å². The van der Waals surface area contributed by atoms with Gasteiger partial charge in [-0.2, -0.15) is 0 Å². The first-order valence-electron chi connectivity index (χ1n) is 8.98. The molecule has 0 saturated carbocycles. The topological polar surface area (TPSA) is 43.4 Å². The van der Waals surface area contributed by atoms with Gasteiger partial charge >= 0.3 is 5.97 Å². The van der Waals surface area contributed by atoms with Gasteiger partial charge in [0.25, 0.3) is 0 Å². The van der Waals surface area contributed by atoms with Crippen molar-refractivity contribution in [1.29, 1.82) is 0 Å². The quantitative estimate of drug-likeness (QED) is 0.575. The number of ether oxygens (including phenoxy) is 1. The zero-order chi connectivity index (χ0) is 19.6. The number of ketones is 1. The van der Waals surface area contributed by atoms with E-state index in [1.807, 2.05) is 18.2 Å². The van der Waals surface area contributed by atoms with E-state index in [1.54, 1.807) is 13.0 Å². The monoisotopic (exact) mass is 364 g/mol. The minimum Gasteiger partial charge on any atom is -0.462 e. The molecule has 3 nitrogen and oxygen atoms in total. The summed E-state index contributed by atoms with van der Waals surface area (Å²) in [4.78, 5) is 23.8. The van der Waals surface area contributed by atoms with Crippen molar-refractivity contribution < 1.29 is 18.7 Å². The van der Waals surface area contributed by atoms with Crippen molar-refractivity contribution in [2.45, 2.75) is 39.0 Å². The molecule has 0 aromatic heterocycles. The fourth-order valence-electron chi connectivity index (χ4n) is 3.23. The third kappa shape index (κ3) is 3.93. The number of hydrogen-bond donors (Lipinski definition) is 0. The van der Waals surface area contributed by atoms with Crippen LogP contribution in [0.4, 0.5) is 4.39 Å². The Balaban J connectivity index is 1.90. The number of hydrogen-bond acceptors (Lipinski definition) is 3. The molecule has 138 valence electrons. The van der Waals surface area contributed by atoms with E-state index in [0.717, 1.165) is 23.1 Å². The maximum absolute atomic E-state index is 14.1. The van der Waals surface area contributed by atoms with Crippen LogP contribution in [0.1, 0.15) is 71.0 Å². The van der Waals surface area contributed by atoms with E-state index in [2.05, 4.69) is 25.7 Å². The van der Waals surface area contributed by atoms with Crippen LogP contribution < -0.4 is 0 Å². The highest BCUT2D eigenvalue weighted by molar-refractivity contribution is 5.99. The second kappa shape index (κ2) is 7.36. The summed E-state index contributed by atoms with van der Waals surface area (Å²) in [6.07, 6.45) is 1.38. The minimum atomic E-state index is -0.684. The van der Waals surface area contributed by atoms with Crippen LogP contribution in [0.3, 0.4) is 0 Å². The van der Waals surface area contributed by atoms with Gasteiger partial charge in [0, 0.05) is 23.1 Å². The van der Waals surface area contributed by atoms with Gasteiger partial charge in [0.2, 0.25) is 0 Å². The van der Waals surface area contributed by atoms with Gasteiger partial charge in [-0.1, -0.05) is 25.7 Å². The Morgan fingerprint density at radius 3 is 2.48 bits per heavy atom. The number of Topliss-reactive ketones (excluding diaryl/α,β-unsaturated/α-hetero) is 1. The number of benzene rings is 2. The van der Waals surface area contributed by atoms with Gasteiger partial charge in [-0.3, -0.25) is 4.79 Å². The van der Waals surface area contributed by atoms with Crippen molar-refractivity contribution >= 4 is 11.8 Å². The van der Waals surface area contributed by atoms with E-state index in [0.29, 0.717) is 12.0 Å². The summed E-state index contributed by atoms with van der Waals surface area (Å²) in [5.41, 5.74) is 2.83. The molecular formula is C23H21FO3. The van der Waals surface area contributed by atoms with E-state index >= 15 is 0 Å². The first kappa shape index (κ1) is 18.8. The van der Waals surface area contributed by atoms with Crippen molar-refractivity contribution in [3.63, 3.8) is 0 Å². The van der Waals surface area contributed by atoms with Crippen LogP contribution in [0.2, 0.25) is 0 Å². The van der Waals surface area contributed by atoms with Crippen molar-refractivity contribution in [3.8, 4) is 11.8 Å². The molecule has 4 heteroatoms. The Morgan fingerprint density at radius 2 is 1.81 bits per heavy atom. The van der Waals surface area contributed by atoms with Crippen molar-refractivity contribution in [3.05, 3.63) is 70.0 Å². The number of fused-ring (bicyclic) bond motifs is 1. The minimum absolute atomic E-state index is 0.0751. The lowest BCUT2D eigenvalue weighted by molar-refractivity contribution is 0.0521. The number of carbonyl (C=O) groups excluding carboxylic acids is 2. The highest BCUT2D eigenvalue weighted by atomic mass is 19.1. The van der Waals surface area contributed by atoms with E-state index in [4.69, 9.17) is 4.74 Å². The summed E-state index contributed by atoms with van der Waals surface area (Å²) < 4.78 is 18.9. The zero-order valence-corrected chi connectivity index (χ0v) is 15.7. The first-order chi connectivity index (χ1) is 12.8. The fourth-order valence-corrected chi connectivity index (χ4v) is 3.23. The number of rotatable bonds is 2. The molecule has 0 atom stereocenters. The van der Waals surface area contributed by atoms with Crippen LogP contribution in [-0.4, -0.2) is 18.4 Å². The van der Waals surface area contributed by atoms with Gasteiger partial charge in [-0.15, -0.1) is 0 Å². The molecule has 0 unspecified atom stereocenters. The van der Waals surface area contributed by atoms with E-state index in [-0.39, 0.29) is 23.4 Å². The summed E-state index contributed by atoms with van der Waals surface area (Å²) in [6, 6.07) is 9.79. The highest BCUT2D eigenvalue weighted by Gasteiger charge is 2.31. The third-order valence-electron chi connectivity index (χ3n) is 4.84. The SMILES string of the molecule is CCOC(=O)c1ccc(C#Cc2ccc3c(c2)C(C)(C)CCC3=O)cc1F. The summed E-state index contributed by atoms with van der Waals surface area (Å²) in [5, 5.41) is 0. The average Bonchev–Trinajstić information content (AvgIpc) is 2.63. The smallest absolute Gasteiger partial charge is 0.341 e. The number of carbonyl (C=O) groups is 2. The first-order valence-corrected chi connectivity index (χ1v) is 8.98. The molecule has 0 saturated heterocycles. The normalized spacial score (nSPS) is 14.7. The largest absolute Gasteiger partial charge is 0.462 e. The predicted molar refractivity (Wildman–Crippen MR) is 101 cm³/mol. The second-order valence-corrected chi connectivity index (χ2v) is 7.23. The molecule has 2 aromatic carbocycles. The maximum atomic E-state index is 14.1. The average molecular weight is 364 g/mol. The van der Waals surface area contributed by atoms with Gasteiger partial charge in [-0.25, -0.2) is 9.18 Å². The van der Waals surface area contributed by atoms with E-state index in [1.165, 1.54) is 12.1 Å². The van der Waals surface area contributed by atoms with Crippen LogP contribution >= 0.6 is 0 Å². The lowest BCUT2D eigenvalue weighted by Crippen LogP contribution is -2.27. The van der Waals surface area contributed by atoms with Crippen LogP contribution in [0.15, 0.2) is 36.4 Å². The molecule has 0 amide bonds. The third-order valence-corrected chi connectivity index (χ3v) is 4.84. The Labute approximate surface area is 158 Å². The predicted octanol–water partition coefficient (Wildman–Crippen LogP) is 4.66. The van der Waals surface area contributed by atoms with E-state index in [9.17, 15) is 14.0 Å². The molecule has 0 spiro atoms. The van der Waals surface area contributed by atoms with Crippen molar-refractivity contribution in [2.24, 2.45) is 0 Å². The summed E-state index contributed by atoms with van der Waals surface area (Å²) >= 11 is 0. The standard InChI is InChI=1S/C23H21FO3/c1-4-27-22(26)18-10-8-16(14-20(18)24)6-5-15-7-9-17-19(13-15)23(2,3)12-11-21(17)25/h7-10,13-14H,4,11-12H2,1-3H3. The summed E-state index contributed by atoms with van der Waals surface area (Å²) in [5.74, 6) is 4.77. The Kier molecular flexibility index (Phi) is 5.14. The van der Waals surface area contributed by atoms with Crippen LogP contribution in [-0.2, 0) is 10.2 Å². The molecule has 0 fully saturated rings. The van der Waals surface area contributed by atoms with Gasteiger partial charge in [0.15, 0.2) is 5.78 Å². The van der Waals surface area contributed by atoms with Crippen molar-refractivity contribution in [1.82, 2.24) is 0 Å². The Morgan fingerprint density at radius 1 is 1.15 bits per heavy atom. The molecule has 3 rings (SSSR count). The van der Waals surface area contributed by atoms with Crippen LogP contribution in [0, 0.1) is 17.7 Å². The second-order valence-electron chi connectivity index (χ2n) is 7.23. The highest BCUT2D eigenvalue weighted by Crippen LogP contribution is 2.37. The molecule has 27 heavy (non-hydrogen) atoms. The van der Waals surface area contributed by atoms with Crippen molar-refractivity contribution in [2.75, 3.05) is 6.61 Å². The summed E-state index contributed by atoms with van der Waals surface area (Å²) in [6.45, 7) is 6.11. The molecule has 0 bridgehead atoms. The molecule has 1 aliphatic rings. The number of esters is 1. The van der Waals surface area contributed by atoms with Gasteiger partial charge in [0.05, 0.1) is 12.2 Å². The number of halogens is 1. The summed E-state index contributed by atoms with van der Waals surface area (Å²) in [7, 11) is 0. The lowest BCUT2D eigenvalue weighted by atomic mass is 9.72. The van der Waals surface area contributed by atoms with Crippen LogP contribution in [0.5, 0.6) is 0 Å². The van der Waals surface area contributed by atoms with Crippen LogP contribution in [0.25, 0.3) is 0 Å². The molecule has 0 aliphatic heterocycles. The molecular weight excluding hydrogens is 343 g/mol. The molecule has 0 heterocycles. The van der Waals surface area contributed by atoms with E-state index < -0.39 is 11.8 Å². The maximum Gasteiger partial charge on any atom is 0.341 e. The fraction of sp³-hybridized carbons (Fsp3) is 0.304. The van der Waals surface area contributed by atoms with Gasteiger partial charge < -0.3 is 4.74 Å². The zero-order valence-electron chi connectivity index (χ0n) is 15.7. The molecule has 0 N–H and O–H groups in total. The Bertz CT molecular complexity index is 977. The molecule has 2 aromatic rings. The molecule has 1 aliphatic carbocycles. The molecule has 0 radical (unpaired) electrons. The van der Waals surface area contributed by atoms with Gasteiger partial charge in [0.1, 0.15) is 5.82 Å². The Hall–Kier alpha value is -2.93.